The van der Waals surface area contributed by atoms with E-state index in [-0.39, 0.29) is 16.9 Å². The number of thiophene rings is 1. The summed E-state index contributed by atoms with van der Waals surface area (Å²) in [4.78, 5) is 32.7. The van der Waals surface area contributed by atoms with Crippen LogP contribution in [0.1, 0.15) is 53.1 Å². The van der Waals surface area contributed by atoms with E-state index in [4.69, 9.17) is 0 Å². The maximum absolute atomic E-state index is 12.3. The van der Waals surface area contributed by atoms with Crippen LogP contribution in [0, 0.1) is 13.8 Å². The summed E-state index contributed by atoms with van der Waals surface area (Å²) in [6.45, 7) is 9.99. The smallest absolute Gasteiger partial charge is 0.264 e. The fraction of sp³-hybridized carbons (Fsp3) is 0.438. The molecule has 0 fully saturated rings. The molecule has 0 spiro atoms. The molecule has 5 nitrogen and oxygen atoms in total. The first-order valence-corrected chi connectivity index (χ1v) is 8.00. The van der Waals surface area contributed by atoms with Crippen molar-refractivity contribution in [2.75, 3.05) is 0 Å². The molecule has 0 saturated carbocycles. The van der Waals surface area contributed by atoms with Gasteiger partial charge in [0.2, 0.25) is 0 Å². The summed E-state index contributed by atoms with van der Waals surface area (Å²) in [6.07, 6.45) is 0. The standard InChI is InChI=1S/C16H21N3O2S/c1-9-6-7-22-11(9)8-17-13(20)12-10(2)18-15(16(3,4)5)19-14(12)21/h6-7H,8H2,1-5H3,(H,17,20)(H,18,19,21). The monoisotopic (exact) mass is 319 g/mol. The van der Waals surface area contributed by atoms with Crippen LogP contribution in [0.3, 0.4) is 0 Å². The summed E-state index contributed by atoms with van der Waals surface area (Å²) in [5, 5.41) is 4.77. The van der Waals surface area contributed by atoms with Crippen molar-refractivity contribution in [2.45, 2.75) is 46.6 Å². The molecule has 0 aliphatic carbocycles. The number of amides is 1. The van der Waals surface area contributed by atoms with E-state index < -0.39 is 5.56 Å². The van der Waals surface area contributed by atoms with Crippen molar-refractivity contribution in [1.82, 2.24) is 15.3 Å². The fourth-order valence-electron chi connectivity index (χ4n) is 2.04. The molecule has 0 bridgehead atoms. The van der Waals surface area contributed by atoms with Gasteiger partial charge < -0.3 is 10.3 Å². The van der Waals surface area contributed by atoms with Gasteiger partial charge in [-0.15, -0.1) is 11.3 Å². The number of carbonyl (C=O) groups is 1. The molecule has 2 aromatic heterocycles. The normalized spacial score (nSPS) is 11.5. The van der Waals surface area contributed by atoms with Crippen LogP contribution in [0.15, 0.2) is 16.2 Å². The van der Waals surface area contributed by atoms with Gasteiger partial charge in [-0.25, -0.2) is 4.98 Å². The van der Waals surface area contributed by atoms with Crippen molar-refractivity contribution in [3.8, 4) is 0 Å². The molecule has 0 radical (unpaired) electrons. The van der Waals surface area contributed by atoms with Gasteiger partial charge in [-0.2, -0.15) is 0 Å². The van der Waals surface area contributed by atoms with Crippen molar-refractivity contribution in [3.05, 3.63) is 49.3 Å². The highest BCUT2D eigenvalue weighted by Crippen LogP contribution is 2.18. The number of hydrogen-bond donors (Lipinski definition) is 2. The van der Waals surface area contributed by atoms with E-state index in [9.17, 15) is 9.59 Å². The number of aromatic nitrogens is 2. The van der Waals surface area contributed by atoms with Gasteiger partial charge in [0.1, 0.15) is 11.4 Å². The summed E-state index contributed by atoms with van der Waals surface area (Å²) >= 11 is 1.58. The minimum Gasteiger partial charge on any atom is -0.347 e. The maximum Gasteiger partial charge on any atom is 0.264 e. The van der Waals surface area contributed by atoms with E-state index in [1.54, 1.807) is 18.3 Å². The van der Waals surface area contributed by atoms with Gasteiger partial charge in [0, 0.05) is 10.3 Å². The Labute approximate surface area is 133 Å². The van der Waals surface area contributed by atoms with Crippen LogP contribution >= 0.6 is 11.3 Å². The van der Waals surface area contributed by atoms with Crippen molar-refractivity contribution in [2.24, 2.45) is 0 Å². The third-order valence-electron chi connectivity index (χ3n) is 3.42. The fourth-order valence-corrected chi connectivity index (χ4v) is 2.89. The lowest BCUT2D eigenvalue weighted by molar-refractivity contribution is 0.0948. The molecule has 0 aromatic carbocycles. The van der Waals surface area contributed by atoms with Crippen LogP contribution in [-0.4, -0.2) is 15.9 Å². The second kappa shape index (κ2) is 6.04. The van der Waals surface area contributed by atoms with Crippen LogP contribution < -0.4 is 10.9 Å². The molecule has 2 N–H and O–H groups in total. The quantitative estimate of drug-likeness (QED) is 0.913. The van der Waals surface area contributed by atoms with Crippen molar-refractivity contribution in [1.29, 1.82) is 0 Å². The number of aryl methyl sites for hydroxylation is 2. The van der Waals surface area contributed by atoms with E-state index in [0.717, 1.165) is 10.4 Å². The van der Waals surface area contributed by atoms with E-state index in [1.807, 2.05) is 39.1 Å². The van der Waals surface area contributed by atoms with Gasteiger partial charge in [0.15, 0.2) is 0 Å². The molecular formula is C16H21N3O2S. The molecular weight excluding hydrogens is 298 g/mol. The third-order valence-corrected chi connectivity index (χ3v) is 4.44. The SMILES string of the molecule is Cc1ccsc1CNC(=O)c1c(C)nc(C(C)(C)C)[nH]c1=O. The number of hydrogen-bond acceptors (Lipinski definition) is 4. The molecule has 2 heterocycles. The molecule has 2 aromatic rings. The predicted octanol–water partition coefficient (Wildman–Crippen LogP) is 2.68. The Balaban J connectivity index is 2.23. The molecule has 1 amide bonds. The molecule has 6 heteroatoms. The summed E-state index contributed by atoms with van der Waals surface area (Å²) in [6, 6.07) is 2.00. The average Bonchev–Trinajstić information content (AvgIpc) is 2.80. The number of nitrogens with one attached hydrogen (secondary N) is 2. The topological polar surface area (TPSA) is 74.8 Å². The zero-order valence-electron chi connectivity index (χ0n) is 13.5. The molecule has 0 aliphatic rings. The number of H-pyrrole nitrogens is 1. The Hall–Kier alpha value is -1.95. The van der Waals surface area contributed by atoms with E-state index >= 15 is 0 Å². The zero-order chi connectivity index (χ0) is 16.5. The van der Waals surface area contributed by atoms with E-state index in [0.29, 0.717) is 18.1 Å². The van der Waals surface area contributed by atoms with Crippen molar-refractivity contribution in [3.63, 3.8) is 0 Å². The molecule has 0 atom stereocenters. The largest absolute Gasteiger partial charge is 0.347 e. The molecule has 118 valence electrons. The average molecular weight is 319 g/mol. The molecule has 0 unspecified atom stereocenters. The Bertz CT molecular complexity index is 753. The first-order chi connectivity index (χ1) is 10.2. The first kappa shape index (κ1) is 16.4. The van der Waals surface area contributed by atoms with Crippen molar-refractivity contribution < 1.29 is 4.79 Å². The number of carbonyl (C=O) groups excluding carboxylic acids is 1. The molecule has 2 rings (SSSR count). The van der Waals surface area contributed by atoms with Gasteiger partial charge in [0.25, 0.3) is 11.5 Å². The van der Waals surface area contributed by atoms with Crippen LogP contribution in [-0.2, 0) is 12.0 Å². The van der Waals surface area contributed by atoms with Crippen LogP contribution in [0.4, 0.5) is 0 Å². The highest BCUT2D eigenvalue weighted by atomic mass is 32.1. The second-order valence-electron chi connectivity index (χ2n) is 6.33. The Morgan fingerprint density at radius 1 is 1.36 bits per heavy atom. The summed E-state index contributed by atoms with van der Waals surface area (Å²) in [7, 11) is 0. The predicted molar refractivity (Wildman–Crippen MR) is 88.5 cm³/mol. The van der Waals surface area contributed by atoms with Gasteiger partial charge >= 0.3 is 0 Å². The highest BCUT2D eigenvalue weighted by molar-refractivity contribution is 7.10. The summed E-state index contributed by atoms with van der Waals surface area (Å²) in [5.74, 6) is 0.195. The first-order valence-electron chi connectivity index (χ1n) is 7.12. The lowest BCUT2D eigenvalue weighted by atomic mass is 9.95. The number of nitrogens with zero attached hydrogens (tertiary/aromatic N) is 1. The zero-order valence-corrected chi connectivity index (χ0v) is 14.4. The molecule has 0 saturated heterocycles. The molecule has 22 heavy (non-hydrogen) atoms. The van der Waals surface area contributed by atoms with Crippen LogP contribution in [0.5, 0.6) is 0 Å². The summed E-state index contributed by atoms with van der Waals surface area (Å²) in [5.41, 5.74) is 1.01. The van der Waals surface area contributed by atoms with Gasteiger partial charge in [-0.1, -0.05) is 20.8 Å². The van der Waals surface area contributed by atoms with Crippen LogP contribution in [0.25, 0.3) is 0 Å². The summed E-state index contributed by atoms with van der Waals surface area (Å²) < 4.78 is 0. The second-order valence-corrected chi connectivity index (χ2v) is 7.34. The van der Waals surface area contributed by atoms with E-state index in [1.165, 1.54) is 0 Å². The third kappa shape index (κ3) is 3.44. The lowest BCUT2D eigenvalue weighted by Gasteiger charge is -2.18. The van der Waals surface area contributed by atoms with Gasteiger partial charge in [-0.3, -0.25) is 9.59 Å². The highest BCUT2D eigenvalue weighted by Gasteiger charge is 2.22. The van der Waals surface area contributed by atoms with E-state index in [2.05, 4.69) is 15.3 Å². The van der Waals surface area contributed by atoms with Crippen molar-refractivity contribution >= 4 is 17.2 Å². The van der Waals surface area contributed by atoms with Crippen LogP contribution in [0.2, 0.25) is 0 Å². The number of aromatic amines is 1. The number of rotatable bonds is 3. The lowest BCUT2D eigenvalue weighted by Crippen LogP contribution is -2.33. The Morgan fingerprint density at radius 2 is 2.05 bits per heavy atom. The maximum atomic E-state index is 12.3. The Kier molecular flexibility index (Phi) is 4.51. The van der Waals surface area contributed by atoms with Gasteiger partial charge in [-0.05, 0) is 30.9 Å². The minimum atomic E-state index is -0.391. The van der Waals surface area contributed by atoms with Gasteiger partial charge in [0.05, 0.1) is 12.2 Å². The molecule has 0 aliphatic heterocycles. The minimum absolute atomic E-state index is 0.0854. The Morgan fingerprint density at radius 3 is 2.55 bits per heavy atom.